The summed E-state index contributed by atoms with van der Waals surface area (Å²) in [5.74, 6) is 0.537. The number of halogens is 1. The van der Waals surface area contributed by atoms with E-state index < -0.39 is 0 Å². The number of rotatable bonds is 3. The lowest BCUT2D eigenvalue weighted by Gasteiger charge is -2.30. The molecule has 0 spiro atoms. The number of carbonyl (C=O) groups is 1. The van der Waals surface area contributed by atoms with Gasteiger partial charge in [0.25, 0.3) is 0 Å². The number of nitrogens with zero attached hydrogens (tertiary/aromatic N) is 2. The average molecular weight is 292 g/mol. The van der Waals surface area contributed by atoms with E-state index in [1.54, 1.807) is 18.2 Å². The van der Waals surface area contributed by atoms with Crippen LogP contribution in [0, 0.1) is 17.2 Å². The Hall–Kier alpha value is -1.57. The molecule has 1 fully saturated rings. The number of benzene rings is 1. The summed E-state index contributed by atoms with van der Waals surface area (Å²) in [5, 5.41) is 12.3. The molecule has 1 saturated heterocycles. The summed E-state index contributed by atoms with van der Waals surface area (Å²) >= 11 is 5.90. The first-order chi connectivity index (χ1) is 9.58. The van der Waals surface area contributed by atoms with Crippen LogP contribution in [-0.2, 0) is 4.79 Å². The molecule has 2 rings (SSSR count). The van der Waals surface area contributed by atoms with Crippen LogP contribution in [0.5, 0.6) is 0 Å². The zero-order valence-corrected chi connectivity index (χ0v) is 12.3. The third kappa shape index (κ3) is 3.96. The van der Waals surface area contributed by atoms with E-state index >= 15 is 0 Å². The summed E-state index contributed by atoms with van der Waals surface area (Å²) in [6.45, 7) is 4.48. The van der Waals surface area contributed by atoms with Crippen LogP contribution in [0.3, 0.4) is 0 Å². The van der Waals surface area contributed by atoms with E-state index in [9.17, 15) is 4.79 Å². The van der Waals surface area contributed by atoms with Crippen molar-refractivity contribution in [3.8, 4) is 6.07 Å². The van der Waals surface area contributed by atoms with E-state index in [-0.39, 0.29) is 5.91 Å². The van der Waals surface area contributed by atoms with Crippen molar-refractivity contribution in [3.05, 3.63) is 28.8 Å². The van der Waals surface area contributed by atoms with E-state index in [4.69, 9.17) is 16.9 Å². The number of amides is 1. The molecular formula is C15H18ClN3O. The van der Waals surface area contributed by atoms with Gasteiger partial charge in [-0.2, -0.15) is 5.26 Å². The molecule has 0 aliphatic carbocycles. The lowest BCUT2D eigenvalue weighted by Crippen LogP contribution is -2.39. The first kappa shape index (κ1) is 14.8. The monoisotopic (exact) mass is 291 g/mol. The minimum absolute atomic E-state index is 0.0992. The van der Waals surface area contributed by atoms with Gasteiger partial charge in [-0.25, -0.2) is 0 Å². The Morgan fingerprint density at radius 2 is 2.40 bits per heavy atom. The van der Waals surface area contributed by atoms with E-state index in [1.165, 1.54) is 6.42 Å². The molecule has 1 aliphatic heterocycles. The van der Waals surface area contributed by atoms with Crippen molar-refractivity contribution >= 4 is 23.2 Å². The Morgan fingerprint density at radius 1 is 1.60 bits per heavy atom. The largest absolute Gasteiger partial charge is 0.324 e. The number of hydrogen-bond donors (Lipinski definition) is 1. The molecule has 1 atom stereocenters. The average Bonchev–Trinajstić information content (AvgIpc) is 2.38. The normalized spacial score (nSPS) is 19.4. The number of piperidine rings is 1. The van der Waals surface area contributed by atoms with Crippen molar-refractivity contribution < 1.29 is 4.79 Å². The molecule has 1 unspecified atom stereocenters. The molecule has 1 amide bonds. The molecular weight excluding hydrogens is 274 g/mol. The van der Waals surface area contributed by atoms with Gasteiger partial charge in [0, 0.05) is 11.6 Å². The van der Waals surface area contributed by atoms with Crippen LogP contribution in [0.25, 0.3) is 0 Å². The van der Waals surface area contributed by atoms with Crippen LogP contribution in [0.4, 0.5) is 5.69 Å². The minimum atomic E-state index is -0.0992. The zero-order chi connectivity index (χ0) is 14.5. The van der Waals surface area contributed by atoms with Gasteiger partial charge in [0.15, 0.2) is 0 Å². The number of carbonyl (C=O) groups excluding carboxylic acids is 1. The van der Waals surface area contributed by atoms with Crippen molar-refractivity contribution in [1.29, 1.82) is 5.26 Å². The van der Waals surface area contributed by atoms with Crippen molar-refractivity contribution in [3.63, 3.8) is 0 Å². The third-order valence-corrected chi connectivity index (χ3v) is 3.72. The highest BCUT2D eigenvalue weighted by atomic mass is 35.5. The maximum atomic E-state index is 12.1. The molecule has 5 heteroatoms. The summed E-state index contributed by atoms with van der Waals surface area (Å²) < 4.78 is 0. The lowest BCUT2D eigenvalue weighted by molar-refractivity contribution is -0.117. The van der Waals surface area contributed by atoms with Gasteiger partial charge in [-0.15, -0.1) is 0 Å². The topological polar surface area (TPSA) is 56.1 Å². The van der Waals surface area contributed by atoms with Gasteiger partial charge < -0.3 is 5.32 Å². The number of nitrogens with one attached hydrogen (secondary N) is 1. The molecule has 4 nitrogen and oxygen atoms in total. The standard InChI is InChI=1S/C15H18ClN3O/c1-11-3-2-6-19(9-11)10-15(20)18-14-7-13(16)5-4-12(14)8-17/h4-5,7,11H,2-3,6,9-10H2,1H3,(H,18,20). The molecule has 106 valence electrons. The maximum absolute atomic E-state index is 12.1. The van der Waals surface area contributed by atoms with Crippen molar-refractivity contribution in [2.75, 3.05) is 25.0 Å². The Labute approximate surface area is 124 Å². The van der Waals surface area contributed by atoms with Crippen molar-refractivity contribution in [1.82, 2.24) is 4.90 Å². The van der Waals surface area contributed by atoms with E-state index in [2.05, 4.69) is 23.2 Å². The fraction of sp³-hybridized carbons (Fsp3) is 0.467. The summed E-state index contributed by atoms with van der Waals surface area (Å²) in [5.41, 5.74) is 0.907. The molecule has 1 aromatic carbocycles. The van der Waals surface area contributed by atoms with Gasteiger partial charge in [0.05, 0.1) is 17.8 Å². The highest BCUT2D eigenvalue weighted by molar-refractivity contribution is 6.31. The molecule has 0 radical (unpaired) electrons. The first-order valence-electron chi connectivity index (χ1n) is 6.80. The lowest BCUT2D eigenvalue weighted by atomic mass is 10.0. The molecule has 0 bridgehead atoms. The van der Waals surface area contributed by atoms with Gasteiger partial charge >= 0.3 is 0 Å². The summed E-state index contributed by atoms with van der Waals surface area (Å²) in [7, 11) is 0. The van der Waals surface area contributed by atoms with E-state index in [1.807, 2.05) is 0 Å². The van der Waals surface area contributed by atoms with Gasteiger partial charge in [0.1, 0.15) is 6.07 Å². The Bertz CT molecular complexity index is 538. The number of anilines is 1. The van der Waals surface area contributed by atoms with Crippen molar-refractivity contribution in [2.24, 2.45) is 5.92 Å². The van der Waals surface area contributed by atoms with E-state index in [0.29, 0.717) is 28.7 Å². The molecule has 1 aliphatic rings. The van der Waals surface area contributed by atoms with Crippen molar-refractivity contribution in [2.45, 2.75) is 19.8 Å². The fourth-order valence-corrected chi connectivity index (χ4v) is 2.71. The smallest absolute Gasteiger partial charge is 0.238 e. The predicted octanol–water partition coefficient (Wildman–Crippen LogP) is 2.88. The molecule has 0 aromatic heterocycles. The molecule has 20 heavy (non-hydrogen) atoms. The van der Waals surface area contributed by atoms with Crippen LogP contribution < -0.4 is 5.32 Å². The predicted molar refractivity (Wildman–Crippen MR) is 79.6 cm³/mol. The highest BCUT2D eigenvalue weighted by Gasteiger charge is 2.19. The molecule has 0 saturated carbocycles. The van der Waals surface area contributed by atoms with Crippen LogP contribution in [0.2, 0.25) is 5.02 Å². The summed E-state index contributed by atoms with van der Waals surface area (Å²) in [4.78, 5) is 14.2. The fourth-order valence-electron chi connectivity index (χ4n) is 2.54. The number of hydrogen-bond acceptors (Lipinski definition) is 3. The molecule has 1 heterocycles. The minimum Gasteiger partial charge on any atom is -0.324 e. The summed E-state index contributed by atoms with van der Waals surface area (Å²) in [6.07, 6.45) is 2.36. The second kappa shape index (κ2) is 6.74. The maximum Gasteiger partial charge on any atom is 0.238 e. The summed E-state index contributed by atoms with van der Waals surface area (Å²) in [6, 6.07) is 6.91. The van der Waals surface area contributed by atoms with Gasteiger partial charge in [-0.05, 0) is 43.5 Å². The molecule has 1 N–H and O–H groups in total. The Morgan fingerprint density at radius 3 is 3.10 bits per heavy atom. The van der Waals surface area contributed by atoms with E-state index in [0.717, 1.165) is 19.5 Å². The third-order valence-electron chi connectivity index (χ3n) is 3.48. The second-order valence-electron chi connectivity index (χ2n) is 5.33. The highest BCUT2D eigenvalue weighted by Crippen LogP contribution is 2.21. The first-order valence-corrected chi connectivity index (χ1v) is 7.18. The van der Waals surface area contributed by atoms with Gasteiger partial charge in [-0.1, -0.05) is 18.5 Å². The van der Waals surface area contributed by atoms with Gasteiger partial charge in [0.2, 0.25) is 5.91 Å². The van der Waals surface area contributed by atoms with Crippen LogP contribution in [0.15, 0.2) is 18.2 Å². The quantitative estimate of drug-likeness (QED) is 0.931. The SMILES string of the molecule is CC1CCCN(CC(=O)Nc2cc(Cl)ccc2C#N)C1. The zero-order valence-electron chi connectivity index (χ0n) is 11.5. The van der Waals surface area contributed by atoms with Crippen LogP contribution in [0.1, 0.15) is 25.3 Å². The second-order valence-corrected chi connectivity index (χ2v) is 5.77. The van der Waals surface area contributed by atoms with Gasteiger partial charge in [-0.3, -0.25) is 9.69 Å². The Balaban J connectivity index is 1.98. The number of nitriles is 1. The number of likely N-dealkylation sites (tertiary alicyclic amines) is 1. The van der Waals surface area contributed by atoms with Crippen LogP contribution in [-0.4, -0.2) is 30.4 Å². The Kier molecular flexibility index (Phi) is 4.99. The van der Waals surface area contributed by atoms with Crippen LogP contribution >= 0.6 is 11.6 Å². The molecule has 1 aromatic rings.